The van der Waals surface area contributed by atoms with Gasteiger partial charge in [0.2, 0.25) is 5.91 Å². The van der Waals surface area contributed by atoms with Crippen LogP contribution in [-0.4, -0.2) is 46.7 Å². The Kier molecular flexibility index (Phi) is 6.31. The fraction of sp³-hybridized carbons (Fsp3) is 0.280. The Labute approximate surface area is 217 Å². The number of amides is 1. The maximum Gasteiger partial charge on any atom is 0.332 e. The minimum Gasteiger partial charge on any atom is -0.497 e. The van der Waals surface area contributed by atoms with Crippen LogP contribution in [0.25, 0.3) is 11.2 Å². The predicted molar refractivity (Wildman–Crippen MR) is 141 cm³/mol. The Bertz CT molecular complexity index is 1790. The smallest absolute Gasteiger partial charge is 0.332 e. The normalized spacial score (nSPS) is 13.4. The van der Waals surface area contributed by atoms with Gasteiger partial charge in [0.1, 0.15) is 12.3 Å². The van der Waals surface area contributed by atoms with Crippen LogP contribution < -0.4 is 25.6 Å². The molecule has 0 bridgehead atoms. The number of methoxy groups -OCH3 is 1. The molecule has 0 radical (unpaired) electrons. The predicted octanol–water partition coefficient (Wildman–Crippen LogP) is 1.22. The van der Waals surface area contributed by atoms with Gasteiger partial charge < -0.3 is 14.6 Å². The minimum absolute atomic E-state index is 0.148. The molecule has 0 unspecified atom stereocenters. The highest BCUT2D eigenvalue weighted by molar-refractivity contribution is 7.92. The average molecular weight is 539 g/mol. The molecule has 0 atom stereocenters. The highest BCUT2D eigenvalue weighted by atomic mass is 32.2. The summed E-state index contributed by atoms with van der Waals surface area (Å²) in [6.45, 7) is 0.150. The molecule has 13 heteroatoms. The molecule has 0 aliphatic carbocycles. The molecule has 0 saturated carbocycles. The summed E-state index contributed by atoms with van der Waals surface area (Å²) in [5, 5.41) is 2.81. The Morgan fingerprint density at radius 3 is 2.53 bits per heavy atom. The number of hydrogen-bond acceptors (Lipinski definition) is 7. The number of hydrogen-bond donors (Lipinski definition) is 1. The third-order valence-corrected chi connectivity index (χ3v) is 8.45. The van der Waals surface area contributed by atoms with Gasteiger partial charge in [-0.2, -0.15) is 0 Å². The summed E-state index contributed by atoms with van der Waals surface area (Å²) in [5.74, 6) is 0.162. The van der Waals surface area contributed by atoms with Crippen LogP contribution in [0.1, 0.15) is 12.0 Å². The van der Waals surface area contributed by atoms with Crippen LogP contribution in [0.4, 0.5) is 11.4 Å². The summed E-state index contributed by atoms with van der Waals surface area (Å²) in [7, 11) is 0.610. The molecule has 38 heavy (non-hydrogen) atoms. The Balaban J connectivity index is 1.38. The zero-order chi connectivity index (χ0) is 27.2. The zero-order valence-corrected chi connectivity index (χ0v) is 21.9. The van der Waals surface area contributed by atoms with Gasteiger partial charge in [-0.25, -0.2) is 18.2 Å². The van der Waals surface area contributed by atoms with Gasteiger partial charge >= 0.3 is 5.69 Å². The summed E-state index contributed by atoms with van der Waals surface area (Å²) in [5.41, 5.74) is 1.16. The molecule has 2 aromatic carbocycles. The molecule has 0 fully saturated rings. The van der Waals surface area contributed by atoms with Gasteiger partial charge in [0.05, 0.1) is 24.0 Å². The number of ether oxygens (including phenoxy) is 1. The molecular formula is C25H26N6O6S. The molecule has 198 valence electrons. The van der Waals surface area contributed by atoms with Crippen molar-refractivity contribution in [3.63, 3.8) is 0 Å². The molecule has 5 rings (SSSR count). The van der Waals surface area contributed by atoms with Crippen molar-refractivity contribution in [2.75, 3.05) is 23.3 Å². The number of sulfonamides is 1. The molecule has 1 amide bonds. The van der Waals surface area contributed by atoms with E-state index >= 15 is 0 Å². The molecule has 1 aliphatic heterocycles. The number of imidazole rings is 1. The molecule has 4 aromatic rings. The lowest BCUT2D eigenvalue weighted by Gasteiger charge is -2.31. The fourth-order valence-corrected chi connectivity index (χ4v) is 6.18. The van der Waals surface area contributed by atoms with Crippen LogP contribution in [0, 0.1) is 0 Å². The quantitative estimate of drug-likeness (QED) is 0.390. The number of nitrogens with zero attached hydrogens (tertiary/aromatic N) is 5. The topological polar surface area (TPSA) is 138 Å². The van der Waals surface area contributed by atoms with E-state index in [4.69, 9.17) is 4.74 Å². The summed E-state index contributed by atoms with van der Waals surface area (Å²) in [6, 6.07) is 11.3. The van der Waals surface area contributed by atoms with Crippen LogP contribution >= 0.6 is 0 Å². The molecule has 1 aliphatic rings. The summed E-state index contributed by atoms with van der Waals surface area (Å²) in [4.78, 5) is 41.9. The number of rotatable bonds is 6. The van der Waals surface area contributed by atoms with Gasteiger partial charge in [0, 0.05) is 26.3 Å². The van der Waals surface area contributed by atoms with Crippen molar-refractivity contribution < 1.29 is 17.9 Å². The number of aromatic nitrogens is 4. The number of anilines is 2. The van der Waals surface area contributed by atoms with Crippen molar-refractivity contribution >= 4 is 38.5 Å². The van der Waals surface area contributed by atoms with E-state index in [2.05, 4.69) is 10.3 Å². The number of benzene rings is 2. The monoisotopic (exact) mass is 538 g/mol. The summed E-state index contributed by atoms with van der Waals surface area (Å²) < 4.78 is 36.8. The van der Waals surface area contributed by atoms with Crippen LogP contribution in [0.2, 0.25) is 0 Å². The second-order valence-electron chi connectivity index (χ2n) is 9.00. The summed E-state index contributed by atoms with van der Waals surface area (Å²) in [6.07, 6.45) is 2.63. The van der Waals surface area contributed by atoms with Gasteiger partial charge in [-0.1, -0.05) is 0 Å². The largest absolute Gasteiger partial charge is 0.497 e. The van der Waals surface area contributed by atoms with Crippen molar-refractivity contribution in [1.29, 1.82) is 0 Å². The minimum atomic E-state index is -3.78. The lowest BCUT2D eigenvalue weighted by molar-refractivity contribution is -0.116. The molecule has 0 spiro atoms. The Morgan fingerprint density at radius 2 is 1.82 bits per heavy atom. The first-order valence-electron chi connectivity index (χ1n) is 11.8. The number of aryl methyl sites for hydroxylation is 2. The van der Waals surface area contributed by atoms with Crippen LogP contribution in [0.15, 0.2) is 63.3 Å². The number of carbonyl (C=O) groups is 1. The third kappa shape index (κ3) is 4.24. The number of nitrogens with one attached hydrogen (secondary N) is 1. The third-order valence-electron chi connectivity index (χ3n) is 6.62. The first-order chi connectivity index (χ1) is 18.1. The van der Waals surface area contributed by atoms with Crippen molar-refractivity contribution in [2.45, 2.75) is 24.3 Å². The Morgan fingerprint density at radius 1 is 1.08 bits per heavy atom. The van der Waals surface area contributed by atoms with E-state index in [1.54, 1.807) is 30.3 Å². The van der Waals surface area contributed by atoms with Crippen LogP contribution in [-0.2, 0) is 41.9 Å². The highest BCUT2D eigenvalue weighted by Gasteiger charge is 2.29. The molecular weight excluding hydrogens is 512 g/mol. The SMILES string of the molecule is COc1ccc(S(=O)(=O)N2CCCc3cc(NC(=O)Cn4cnc5c4c(=O)n(C)c(=O)n5C)ccc32)cc1. The van der Waals surface area contributed by atoms with Crippen molar-refractivity contribution in [3.8, 4) is 5.75 Å². The second kappa shape index (κ2) is 9.49. The average Bonchev–Trinajstić information content (AvgIpc) is 3.33. The fourth-order valence-electron chi connectivity index (χ4n) is 4.64. The molecule has 0 saturated heterocycles. The van der Waals surface area contributed by atoms with Gasteiger partial charge in [-0.15, -0.1) is 0 Å². The highest BCUT2D eigenvalue weighted by Crippen LogP contribution is 2.34. The summed E-state index contributed by atoms with van der Waals surface area (Å²) >= 11 is 0. The van der Waals surface area contributed by atoms with Gasteiger partial charge in [-0.3, -0.25) is 23.0 Å². The van der Waals surface area contributed by atoms with Crippen molar-refractivity contribution in [2.24, 2.45) is 14.1 Å². The van der Waals surface area contributed by atoms with Gasteiger partial charge in [0.15, 0.2) is 11.2 Å². The van der Waals surface area contributed by atoms with E-state index in [9.17, 15) is 22.8 Å². The standard InChI is InChI=1S/C25H26N6O6S/c1-28-23-22(24(33)29(2)25(28)34)30(15-26-23)14-21(32)27-17-6-11-20-16(13-17)5-4-12-31(20)38(35,36)19-9-7-18(37-3)8-10-19/h6-11,13,15H,4-5,12,14H2,1-3H3,(H,27,32). The molecule has 12 nitrogen and oxygen atoms in total. The zero-order valence-electron chi connectivity index (χ0n) is 21.0. The Hall–Kier alpha value is -4.39. The lowest BCUT2D eigenvalue weighted by Crippen LogP contribution is -2.37. The van der Waals surface area contributed by atoms with Crippen molar-refractivity contribution in [3.05, 3.63) is 75.2 Å². The van der Waals surface area contributed by atoms with Gasteiger partial charge in [0.25, 0.3) is 15.6 Å². The van der Waals surface area contributed by atoms with E-state index in [0.717, 1.165) is 10.1 Å². The van der Waals surface area contributed by atoms with Gasteiger partial charge in [-0.05, 0) is 60.9 Å². The lowest BCUT2D eigenvalue weighted by atomic mass is 10.0. The maximum absolute atomic E-state index is 13.4. The second-order valence-corrected chi connectivity index (χ2v) is 10.9. The van der Waals surface area contributed by atoms with E-state index in [0.29, 0.717) is 36.5 Å². The van der Waals surface area contributed by atoms with Crippen LogP contribution in [0.3, 0.4) is 0 Å². The van der Waals surface area contributed by atoms with E-state index in [-0.39, 0.29) is 22.6 Å². The number of carbonyl (C=O) groups excluding carboxylic acids is 1. The van der Waals surface area contributed by atoms with Crippen LogP contribution in [0.5, 0.6) is 5.75 Å². The van der Waals surface area contributed by atoms with Crippen molar-refractivity contribution in [1.82, 2.24) is 18.7 Å². The maximum atomic E-state index is 13.4. The molecule has 1 N–H and O–H groups in total. The first kappa shape index (κ1) is 25.3. The molecule has 2 aromatic heterocycles. The van der Waals surface area contributed by atoms with E-state index < -0.39 is 27.2 Å². The first-order valence-corrected chi connectivity index (χ1v) is 13.3. The number of fused-ring (bicyclic) bond motifs is 2. The molecule has 3 heterocycles. The van der Waals surface area contributed by atoms with E-state index in [1.165, 1.54) is 53.1 Å². The van der Waals surface area contributed by atoms with E-state index in [1.807, 2.05) is 0 Å².